The molecule has 4 bridgehead atoms. The van der Waals surface area contributed by atoms with Gasteiger partial charge in [0, 0.05) is 5.92 Å². The van der Waals surface area contributed by atoms with E-state index in [1.165, 1.54) is 32.1 Å². The zero-order valence-corrected chi connectivity index (χ0v) is 15.5. The van der Waals surface area contributed by atoms with Crippen molar-refractivity contribution < 1.29 is 23.6 Å². The Hall–Kier alpha value is -0.870. The number of hydrogen-bond donors (Lipinski definition) is 0. The molecule has 6 heteroatoms. The maximum Gasteiger partial charge on any atom is 0.237 e. The first-order chi connectivity index (χ1) is 12.2. The van der Waals surface area contributed by atoms with Gasteiger partial charge in [0.05, 0.1) is 12.4 Å². The fourth-order valence-corrected chi connectivity index (χ4v) is 7.38. The minimum atomic E-state index is -2.49. The third-order valence-corrected chi connectivity index (χ3v) is 8.17. The van der Waals surface area contributed by atoms with E-state index in [0.717, 1.165) is 11.8 Å². The predicted octanol–water partition coefficient (Wildman–Crippen LogP) is 3.54. The van der Waals surface area contributed by atoms with Crippen molar-refractivity contribution in [2.75, 3.05) is 13.7 Å². The van der Waals surface area contributed by atoms with E-state index in [4.69, 9.17) is 19.0 Å². The first-order valence-corrected chi connectivity index (χ1v) is 10.7. The Morgan fingerprint density at radius 3 is 2.28 bits per heavy atom. The van der Waals surface area contributed by atoms with E-state index in [1.54, 1.807) is 7.11 Å². The molecule has 0 aromatic heterocycles. The van der Waals surface area contributed by atoms with Crippen LogP contribution in [0, 0.1) is 29.6 Å². The standard InChI is InChI=1S/C19H25O5P/c1-21-16-4-2-3-5-17(16)25(20)24-19(11-22-23-19)18-14-7-12-6-13(9-14)10-15(18)8-12/h2-5,12-15,18,25H,6-11H2,1H3. The first kappa shape index (κ1) is 16.3. The van der Waals surface area contributed by atoms with Crippen LogP contribution in [-0.4, -0.2) is 19.5 Å². The van der Waals surface area contributed by atoms with Gasteiger partial charge in [0.1, 0.15) is 12.4 Å². The van der Waals surface area contributed by atoms with Crippen LogP contribution in [0.25, 0.3) is 0 Å². The minimum absolute atomic E-state index is 0.303. The molecule has 1 heterocycles. The van der Waals surface area contributed by atoms with E-state index in [2.05, 4.69) is 0 Å². The van der Waals surface area contributed by atoms with E-state index in [9.17, 15) is 4.57 Å². The molecule has 4 aliphatic carbocycles. The molecular formula is C19H25O5P. The summed E-state index contributed by atoms with van der Waals surface area (Å²) >= 11 is 0. The van der Waals surface area contributed by atoms with Gasteiger partial charge in [0.15, 0.2) is 0 Å². The Labute approximate surface area is 148 Å². The van der Waals surface area contributed by atoms with Gasteiger partial charge in [-0.3, -0.25) is 9.09 Å². The molecule has 1 saturated heterocycles. The smallest absolute Gasteiger partial charge is 0.237 e. The van der Waals surface area contributed by atoms with Gasteiger partial charge in [-0.05, 0) is 67.9 Å². The zero-order valence-electron chi connectivity index (χ0n) is 14.5. The van der Waals surface area contributed by atoms with Crippen LogP contribution in [0.15, 0.2) is 24.3 Å². The summed E-state index contributed by atoms with van der Waals surface area (Å²) in [5.41, 5.74) is 0. The molecule has 0 radical (unpaired) electrons. The summed E-state index contributed by atoms with van der Waals surface area (Å²) < 4.78 is 24.5. The SMILES string of the molecule is COc1ccccc1[PH](=O)OC1(C2C3CC4CC(C3)CC2C4)COO1. The lowest BCUT2D eigenvalue weighted by molar-refractivity contribution is -0.542. The van der Waals surface area contributed by atoms with E-state index in [0.29, 0.717) is 35.4 Å². The third kappa shape index (κ3) is 2.59. The molecule has 5 nitrogen and oxygen atoms in total. The van der Waals surface area contributed by atoms with Crippen molar-refractivity contribution in [2.45, 2.75) is 37.9 Å². The maximum atomic E-state index is 13.0. The average Bonchev–Trinajstić information content (AvgIpc) is 2.58. The Morgan fingerprint density at radius 2 is 1.72 bits per heavy atom. The van der Waals surface area contributed by atoms with E-state index in [1.807, 2.05) is 24.3 Å². The van der Waals surface area contributed by atoms with E-state index >= 15 is 0 Å². The van der Waals surface area contributed by atoms with Crippen LogP contribution in [0.2, 0.25) is 0 Å². The van der Waals surface area contributed by atoms with Crippen molar-refractivity contribution in [1.29, 1.82) is 0 Å². The minimum Gasteiger partial charge on any atom is -0.496 e. The quantitative estimate of drug-likeness (QED) is 0.591. The molecule has 136 valence electrons. The summed E-state index contributed by atoms with van der Waals surface area (Å²) in [5.74, 6) is 3.07. The predicted molar refractivity (Wildman–Crippen MR) is 93.0 cm³/mol. The van der Waals surface area contributed by atoms with Crippen LogP contribution >= 0.6 is 8.03 Å². The molecular weight excluding hydrogens is 339 g/mol. The fourth-order valence-electron chi connectivity index (χ4n) is 6.11. The van der Waals surface area contributed by atoms with Crippen LogP contribution in [0.5, 0.6) is 5.75 Å². The van der Waals surface area contributed by atoms with E-state index in [-0.39, 0.29) is 0 Å². The summed E-state index contributed by atoms with van der Waals surface area (Å²) in [5, 5.41) is 0.619. The van der Waals surface area contributed by atoms with Crippen molar-refractivity contribution in [2.24, 2.45) is 29.6 Å². The summed E-state index contributed by atoms with van der Waals surface area (Å²) in [6.45, 7) is 0.381. The lowest BCUT2D eigenvalue weighted by Crippen LogP contribution is -2.63. The number of hydrogen-bond acceptors (Lipinski definition) is 5. The van der Waals surface area contributed by atoms with Crippen LogP contribution < -0.4 is 10.0 Å². The number of rotatable bonds is 5. The van der Waals surface area contributed by atoms with E-state index < -0.39 is 13.8 Å². The monoisotopic (exact) mass is 364 g/mol. The van der Waals surface area contributed by atoms with Gasteiger partial charge in [-0.2, -0.15) is 4.89 Å². The zero-order chi connectivity index (χ0) is 17.0. The highest BCUT2D eigenvalue weighted by atomic mass is 31.1. The maximum absolute atomic E-state index is 13.0. The van der Waals surface area contributed by atoms with Gasteiger partial charge in [0.2, 0.25) is 13.8 Å². The molecule has 5 aliphatic rings. The molecule has 0 N–H and O–H groups in total. The molecule has 1 aliphatic heterocycles. The summed E-state index contributed by atoms with van der Waals surface area (Å²) in [4.78, 5) is 10.7. The Morgan fingerprint density at radius 1 is 1.08 bits per heavy atom. The van der Waals surface area contributed by atoms with Crippen LogP contribution in [-0.2, 0) is 18.9 Å². The Balaban J connectivity index is 1.41. The number of ether oxygens (including phenoxy) is 1. The summed E-state index contributed by atoms with van der Waals surface area (Å²) in [6, 6.07) is 7.35. The first-order valence-electron chi connectivity index (χ1n) is 9.35. The average molecular weight is 364 g/mol. The molecule has 0 amide bonds. The summed E-state index contributed by atoms with van der Waals surface area (Å²) in [7, 11) is -0.899. The number of para-hydroxylation sites is 1. The second kappa shape index (κ2) is 6.09. The van der Waals surface area contributed by atoms with Gasteiger partial charge in [-0.25, -0.2) is 4.89 Å². The normalized spacial score (nSPS) is 42.8. The Bertz CT molecular complexity index is 658. The molecule has 25 heavy (non-hydrogen) atoms. The van der Waals surface area contributed by atoms with Crippen LogP contribution in [0.3, 0.4) is 0 Å². The lowest BCUT2D eigenvalue weighted by atomic mass is 9.50. The van der Waals surface area contributed by atoms with Crippen LogP contribution in [0.4, 0.5) is 0 Å². The van der Waals surface area contributed by atoms with Crippen molar-refractivity contribution in [3.05, 3.63) is 24.3 Å². The van der Waals surface area contributed by atoms with Crippen molar-refractivity contribution in [1.82, 2.24) is 0 Å². The molecule has 1 aromatic rings. The topological polar surface area (TPSA) is 54.0 Å². The molecule has 1 aromatic carbocycles. The molecule has 2 unspecified atom stereocenters. The van der Waals surface area contributed by atoms with Gasteiger partial charge in [-0.1, -0.05) is 12.1 Å². The van der Waals surface area contributed by atoms with Crippen molar-refractivity contribution in [3.8, 4) is 5.75 Å². The van der Waals surface area contributed by atoms with Crippen LogP contribution in [0.1, 0.15) is 32.1 Å². The number of benzene rings is 1. The molecule has 0 spiro atoms. The lowest BCUT2D eigenvalue weighted by Gasteiger charge is -2.60. The fraction of sp³-hybridized carbons (Fsp3) is 0.684. The Kier molecular flexibility index (Phi) is 3.97. The van der Waals surface area contributed by atoms with Gasteiger partial charge in [-0.15, -0.1) is 0 Å². The molecule has 4 saturated carbocycles. The third-order valence-electron chi connectivity index (χ3n) is 6.79. The van der Waals surface area contributed by atoms with Crippen molar-refractivity contribution >= 4 is 13.3 Å². The second-order valence-corrected chi connectivity index (χ2v) is 9.52. The van der Waals surface area contributed by atoms with Gasteiger partial charge >= 0.3 is 0 Å². The summed E-state index contributed by atoms with van der Waals surface area (Å²) in [6.07, 6.45) is 6.47. The van der Waals surface area contributed by atoms with Crippen molar-refractivity contribution in [3.63, 3.8) is 0 Å². The largest absolute Gasteiger partial charge is 0.496 e. The van der Waals surface area contributed by atoms with Gasteiger partial charge < -0.3 is 4.74 Å². The molecule has 6 rings (SSSR count). The highest BCUT2D eigenvalue weighted by Gasteiger charge is 2.62. The molecule has 2 atom stereocenters. The molecule has 5 fully saturated rings. The highest BCUT2D eigenvalue weighted by molar-refractivity contribution is 7.48. The van der Waals surface area contributed by atoms with Gasteiger partial charge in [0.25, 0.3) is 0 Å². The number of methoxy groups -OCH3 is 1. The highest BCUT2D eigenvalue weighted by Crippen LogP contribution is 2.62. The second-order valence-electron chi connectivity index (χ2n) is 8.20.